The van der Waals surface area contributed by atoms with Gasteiger partial charge >= 0.3 is 23.3 Å². The van der Waals surface area contributed by atoms with Crippen LogP contribution in [0, 0.1) is 40.5 Å². The van der Waals surface area contributed by atoms with E-state index in [-0.39, 0.29) is 0 Å². The van der Waals surface area contributed by atoms with Crippen molar-refractivity contribution in [2.24, 2.45) is 0 Å². The summed E-state index contributed by atoms with van der Waals surface area (Å²) in [6, 6.07) is 0. The first-order valence-electron chi connectivity index (χ1n) is 6.37. The topological polar surface area (TPSA) is 225 Å². The molecule has 0 aromatic rings. The number of ether oxygens (including phenoxy) is 2. The Balaban J connectivity index is 4.73. The molecule has 26 heavy (non-hydrogen) atoms. The molecule has 0 unspecified atom stereocenters. The zero-order valence-electron chi connectivity index (χ0n) is 13.3. The second-order valence-electron chi connectivity index (χ2n) is 5.01. The number of hydrogen-bond donors (Lipinski definition) is 0. The lowest BCUT2D eigenvalue weighted by atomic mass is 10.2. The van der Waals surface area contributed by atoms with Crippen molar-refractivity contribution in [2.75, 3.05) is 13.2 Å². The molecular weight excluding hydrogens is 368 g/mol. The molecule has 0 heterocycles. The van der Waals surface area contributed by atoms with Crippen LogP contribution in [0.25, 0.3) is 0 Å². The lowest BCUT2D eigenvalue weighted by molar-refractivity contribution is -0.793. The lowest BCUT2D eigenvalue weighted by Gasteiger charge is -2.12. The van der Waals surface area contributed by atoms with E-state index >= 15 is 0 Å². The number of carbonyl (C=O) groups excluding carboxylic acids is 2. The van der Waals surface area contributed by atoms with Crippen LogP contribution in [0.2, 0.25) is 0 Å². The first-order chi connectivity index (χ1) is 11.8. The molecule has 144 valence electrons. The highest BCUT2D eigenvalue weighted by Crippen LogP contribution is 2.12. The number of hydrogen-bond acceptors (Lipinski definition) is 12. The molecule has 0 aromatic heterocycles. The second kappa shape index (κ2) is 8.40. The third-order valence-electron chi connectivity index (χ3n) is 2.90. The van der Waals surface area contributed by atoms with Gasteiger partial charge in [-0.3, -0.25) is 40.5 Å². The summed E-state index contributed by atoms with van der Waals surface area (Å²) in [5.41, 5.74) is -5.60. The molecule has 0 aliphatic carbocycles. The van der Waals surface area contributed by atoms with E-state index in [1.807, 2.05) is 0 Å². The number of nitro groups is 4. The van der Waals surface area contributed by atoms with E-state index in [0.717, 1.165) is 0 Å². The fraction of sp³-hybridized carbons (Fsp3) is 0.600. The number of esters is 2. The fourth-order valence-electron chi connectivity index (χ4n) is 0.992. The average molecular weight is 380 g/mol. The Morgan fingerprint density at radius 2 is 0.962 bits per heavy atom. The van der Waals surface area contributed by atoms with Gasteiger partial charge in [-0.15, -0.1) is 0 Å². The third kappa shape index (κ3) is 5.42. The van der Waals surface area contributed by atoms with Crippen LogP contribution in [0.4, 0.5) is 0 Å². The Hall–Kier alpha value is -3.72. The van der Waals surface area contributed by atoms with E-state index in [2.05, 4.69) is 9.47 Å². The zero-order valence-corrected chi connectivity index (χ0v) is 13.3. The summed E-state index contributed by atoms with van der Waals surface area (Å²) in [6.45, 7) is -1.31. The summed E-state index contributed by atoms with van der Waals surface area (Å²) in [5.74, 6) is -2.77. The van der Waals surface area contributed by atoms with E-state index in [0.29, 0.717) is 26.0 Å². The summed E-state index contributed by atoms with van der Waals surface area (Å²) in [5, 5.41) is 42.4. The Kier molecular flexibility index (Phi) is 7.20. The van der Waals surface area contributed by atoms with Crippen molar-refractivity contribution < 1.29 is 38.8 Å². The van der Waals surface area contributed by atoms with Crippen LogP contribution >= 0.6 is 0 Å². The van der Waals surface area contributed by atoms with Crippen molar-refractivity contribution in [3.8, 4) is 0 Å². The summed E-state index contributed by atoms with van der Waals surface area (Å²) < 4.78 is 8.54. The van der Waals surface area contributed by atoms with E-state index in [1.165, 1.54) is 0 Å². The van der Waals surface area contributed by atoms with Crippen LogP contribution in [-0.4, -0.2) is 56.2 Å². The van der Waals surface area contributed by atoms with Gasteiger partial charge in [-0.1, -0.05) is 0 Å². The Morgan fingerprint density at radius 1 is 0.731 bits per heavy atom. The maximum atomic E-state index is 11.3. The van der Waals surface area contributed by atoms with Gasteiger partial charge in [-0.05, 0) is 0 Å². The van der Waals surface area contributed by atoms with Gasteiger partial charge < -0.3 is 9.47 Å². The summed E-state index contributed by atoms with van der Waals surface area (Å²) in [6.07, 6.45) is 0.747. The van der Waals surface area contributed by atoms with Gasteiger partial charge in [0.05, 0.1) is 13.8 Å². The maximum absolute atomic E-state index is 11.3. The second-order valence-corrected chi connectivity index (χ2v) is 5.01. The van der Waals surface area contributed by atoms with Crippen LogP contribution in [0.5, 0.6) is 0 Å². The van der Waals surface area contributed by atoms with Crippen LogP contribution in [-0.2, 0) is 19.1 Å². The standard InChI is InChI=1S/C10H12N4O12/c1-9(11(17)18,12(19)20)5-25-7(15)3-4-8(16)26-6-10(2,13(21)22)14(23)24/h3-4H,5-6H2,1-2H3/b4-3+. The van der Waals surface area contributed by atoms with Gasteiger partial charge in [0, 0.05) is 12.2 Å². The Bertz CT molecular complexity index is 587. The first-order valence-corrected chi connectivity index (χ1v) is 6.37. The smallest absolute Gasteiger partial charge is 0.447 e. The van der Waals surface area contributed by atoms with Crippen LogP contribution in [0.1, 0.15) is 13.8 Å². The SMILES string of the molecule is CC(COC(=O)/C=C/C(=O)OCC(C)([N+](=O)[O-])[N+](=O)[O-])([N+](=O)[O-])[N+](=O)[O-]. The molecule has 16 heteroatoms. The third-order valence-corrected chi connectivity index (χ3v) is 2.90. The molecule has 0 N–H and O–H groups in total. The highest BCUT2D eigenvalue weighted by atomic mass is 16.7. The Morgan fingerprint density at radius 3 is 1.15 bits per heavy atom. The van der Waals surface area contributed by atoms with Crippen molar-refractivity contribution >= 4 is 11.9 Å². The fourth-order valence-corrected chi connectivity index (χ4v) is 0.992. The van der Waals surface area contributed by atoms with Crippen molar-refractivity contribution in [2.45, 2.75) is 25.2 Å². The summed E-state index contributed by atoms with van der Waals surface area (Å²) in [4.78, 5) is 59.8. The Labute approximate surface area is 142 Å². The predicted molar refractivity (Wildman–Crippen MR) is 75.8 cm³/mol. The van der Waals surface area contributed by atoms with E-state index in [1.54, 1.807) is 0 Å². The molecule has 0 saturated carbocycles. The summed E-state index contributed by atoms with van der Waals surface area (Å²) >= 11 is 0. The molecule has 0 bridgehead atoms. The van der Waals surface area contributed by atoms with Crippen LogP contribution in [0.15, 0.2) is 12.2 Å². The zero-order chi connectivity index (χ0) is 20.7. The molecule has 0 rings (SSSR count). The molecule has 0 atom stereocenters. The molecular formula is C10H12N4O12. The normalized spacial score (nSPS) is 11.6. The van der Waals surface area contributed by atoms with E-state index in [4.69, 9.17) is 0 Å². The minimum atomic E-state index is -2.80. The molecule has 0 amide bonds. The first kappa shape index (κ1) is 22.3. The molecule has 0 radical (unpaired) electrons. The largest absolute Gasteiger partial charge is 0.488 e. The molecule has 0 fully saturated rings. The minimum Gasteiger partial charge on any atom is -0.447 e. The lowest BCUT2D eigenvalue weighted by Crippen LogP contribution is -2.48. The monoisotopic (exact) mass is 380 g/mol. The van der Waals surface area contributed by atoms with Crippen molar-refractivity contribution in [3.63, 3.8) is 0 Å². The molecule has 0 aliphatic heterocycles. The van der Waals surface area contributed by atoms with Crippen molar-refractivity contribution in [1.29, 1.82) is 0 Å². The minimum absolute atomic E-state index is 0.373. The predicted octanol–water partition coefficient (Wildman–Crippen LogP) is -0.832. The van der Waals surface area contributed by atoms with Gasteiger partial charge in [0.15, 0.2) is 0 Å². The average Bonchev–Trinajstić information content (AvgIpc) is 2.54. The van der Waals surface area contributed by atoms with E-state index in [9.17, 15) is 50.0 Å². The molecule has 0 aromatic carbocycles. The van der Waals surface area contributed by atoms with Gasteiger partial charge in [-0.25, -0.2) is 9.59 Å². The number of carbonyl (C=O) groups is 2. The molecule has 16 nitrogen and oxygen atoms in total. The maximum Gasteiger partial charge on any atom is 0.488 e. The highest BCUT2D eigenvalue weighted by Gasteiger charge is 2.53. The van der Waals surface area contributed by atoms with Crippen LogP contribution < -0.4 is 0 Å². The van der Waals surface area contributed by atoms with Crippen LogP contribution in [0.3, 0.4) is 0 Å². The number of nitrogens with zero attached hydrogens (tertiary/aromatic N) is 4. The number of rotatable bonds is 10. The van der Waals surface area contributed by atoms with Gasteiger partial charge in [0.25, 0.3) is 0 Å². The molecule has 0 aliphatic rings. The molecule has 0 spiro atoms. The quantitative estimate of drug-likeness (QED) is 0.149. The van der Waals surface area contributed by atoms with Gasteiger partial charge in [-0.2, -0.15) is 0 Å². The van der Waals surface area contributed by atoms with E-state index < -0.39 is 56.2 Å². The van der Waals surface area contributed by atoms with Crippen molar-refractivity contribution in [3.05, 3.63) is 52.6 Å². The molecule has 0 saturated heterocycles. The van der Waals surface area contributed by atoms with Gasteiger partial charge in [0.2, 0.25) is 13.2 Å². The van der Waals surface area contributed by atoms with Gasteiger partial charge in [0.1, 0.15) is 19.7 Å². The summed E-state index contributed by atoms with van der Waals surface area (Å²) in [7, 11) is 0. The van der Waals surface area contributed by atoms with Crippen molar-refractivity contribution in [1.82, 2.24) is 0 Å². The highest BCUT2D eigenvalue weighted by molar-refractivity contribution is 5.91.